The van der Waals surface area contributed by atoms with Crippen LogP contribution in [-0.2, 0) is 17.1 Å². The van der Waals surface area contributed by atoms with Crippen LogP contribution in [0.15, 0.2) is 12.7 Å². The molecule has 0 spiro atoms. The summed E-state index contributed by atoms with van der Waals surface area (Å²) in [6.07, 6.45) is 1.77. The van der Waals surface area contributed by atoms with Crippen molar-refractivity contribution >= 4 is 21.9 Å². The van der Waals surface area contributed by atoms with Gasteiger partial charge in [0.2, 0.25) is 0 Å². The lowest BCUT2D eigenvalue weighted by Gasteiger charge is -2.09. The van der Waals surface area contributed by atoms with Crippen molar-refractivity contribution in [1.29, 1.82) is 0 Å². The Bertz CT molecular complexity index is 161. The van der Waals surface area contributed by atoms with Crippen molar-refractivity contribution in [3.05, 3.63) is 12.7 Å². The fourth-order valence-electron chi connectivity index (χ4n) is 0.395. The molecule has 0 fully saturated rings. The smallest absolute Gasteiger partial charge is 0.479 e. The van der Waals surface area contributed by atoms with Gasteiger partial charge in [0.1, 0.15) is 0 Å². The minimum absolute atomic E-state index is 0.329. The number of ether oxygens (including phenoxy) is 1. The molecule has 0 rings (SSSR count). The maximum Gasteiger partial charge on any atom is 0.650 e. The van der Waals surface area contributed by atoms with E-state index in [1.807, 2.05) is 27.7 Å². The third-order valence-electron chi connectivity index (χ3n) is 1.17. The van der Waals surface area contributed by atoms with Gasteiger partial charge in [-0.25, -0.2) is 4.79 Å². The number of carbonyl (C=O) groups excluding carboxylic acids is 1. The molecule has 0 aromatic carbocycles. The molecule has 15 heavy (non-hydrogen) atoms. The van der Waals surface area contributed by atoms with Crippen LogP contribution >= 0.6 is 0 Å². The molecule has 5 heteroatoms. The van der Waals surface area contributed by atoms with Crippen LogP contribution in [0.5, 0.6) is 0 Å². The summed E-state index contributed by atoms with van der Waals surface area (Å²) in [6, 6.07) is 0. The summed E-state index contributed by atoms with van der Waals surface area (Å²) in [5.41, 5.74) is 0. The number of carbonyl (C=O) groups is 1. The summed E-state index contributed by atoms with van der Waals surface area (Å²) >= 11 is -0.684. The zero-order chi connectivity index (χ0) is 12.3. The Kier molecular flexibility index (Phi) is 13.4. The second-order valence-electron chi connectivity index (χ2n) is 3.28. The van der Waals surface area contributed by atoms with Crippen molar-refractivity contribution in [2.75, 3.05) is 7.11 Å². The van der Waals surface area contributed by atoms with Gasteiger partial charge in [0.25, 0.3) is 0 Å². The van der Waals surface area contributed by atoms with E-state index < -0.39 is 21.9 Å². The summed E-state index contributed by atoms with van der Waals surface area (Å²) in [4.78, 5) is 9.84. The molecule has 0 N–H and O–H groups in total. The number of hydrogen-bond donors (Lipinski definition) is 0. The number of methoxy groups -OCH3 is 1. The van der Waals surface area contributed by atoms with E-state index in [0.717, 1.165) is 6.08 Å². The van der Waals surface area contributed by atoms with E-state index in [-0.39, 0.29) is 0 Å². The van der Waals surface area contributed by atoms with Crippen LogP contribution in [0.1, 0.15) is 27.7 Å². The zero-order valence-corrected chi connectivity index (χ0v) is 11.7. The van der Waals surface area contributed by atoms with E-state index in [1.54, 1.807) is 0 Å². The zero-order valence-electron chi connectivity index (χ0n) is 10.3. The largest absolute Gasteiger partial charge is 0.650 e. The van der Waals surface area contributed by atoms with Gasteiger partial charge in [-0.2, -0.15) is 0 Å². The van der Waals surface area contributed by atoms with Gasteiger partial charge < -0.3 is 12.3 Å². The molecule has 4 nitrogen and oxygen atoms in total. The van der Waals surface area contributed by atoms with E-state index in [9.17, 15) is 4.79 Å². The lowest BCUT2D eigenvalue weighted by atomic mass is 10.5. The molecule has 0 aliphatic carbocycles. The first kappa shape index (κ1) is 17.1. The number of rotatable bonds is 5. The maximum absolute atomic E-state index is 9.84. The first-order valence-electron chi connectivity index (χ1n) is 4.87. The van der Waals surface area contributed by atoms with Crippen molar-refractivity contribution < 1.29 is 17.1 Å². The predicted molar refractivity (Wildman–Crippen MR) is 61.8 cm³/mol. The minimum atomic E-state index is -0.684. The highest BCUT2D eigenvalue weighted by atomic mass is 27.2. The molecule has 0 bridgehead atoms. The molecule has 0 aliphatic heterocycles. The molecular formula is C10H21AlO4. The van der Waals surface area contributed by atoms with E-state index in [2.05, 4.69) is 11.3 Å². The fourth-order valence-corrected chi connectivity index (χ4v) is 1.02. The SMILES string of the molecule is C=CC(=O)OC.CC(C)[O][AlH][O]C(C)C. The van der Waals surface area contributed by atoms with E-state index >= 15 is 0 Å². The van der Waals surface area contributed by atoms with Crippen molar-refractivity contribution in [1.82, 2.24) is 0 Å². The quantitative estimate of drug-likeness (QED) is 0.409. The molecule has 0 saturated carbocycles. The average Bonchev–Trinajstić information content (AvgIpc) is 2.16. The van der Waals surface area contributed by atoms with Crippen LogP contribution < -0.4 is 0 Å². The van der Waals surface area contributed by atoms with Crippen molar-refractivity contribution in [3.63, 3.8) is 0 Å². The topological polar surface area (TPSA) is 44.8 Å². The lowest BCUT2D eigenvalue weighted by molar-refractivity contribution is -0.134. The van der Waals surface area contributed by atoms with Crippen LogP contribution in [0.25, 0.3) is 0 Å². The van der Waals surface area contributed by atoms with Crippen LogP contribution in [-0.4, -0.2) is 41.2 Å². The van der Waals surface area contributed by atoms with Gasteiger partial charge in [-0.1, -0.05) is 6.58 Å². The van der Waals surface area contributed by atoms with Gasteiger partial charge in [0.15, 0.2) is 0 Å². The highest BCUT2D eigenvalue weighted by Crippen LogP contribution is 1.89. The molecule has 0 aliphatic rings. The third kappa shape index (κ3) is 19.9. The monoisotopic (exact) mass is 232 g/mol. The predicted octanol–water partition coefficient (Wildman–Crippen LogP) is 1.45. The molecule has 0 aromatic rings. The van der Waals surface area contributed by atoms with Crippen molar-refractivity contribution in [2.24, 2.45) is 0 Å². The van der Waals surface area contributed by atoms with Gasteiger partial charge in [0, 0.05) is 18.3 Å². The molecular weight excluding hydrogens is 211 g/mol. The van der Waals surface area contributed by atoms with E-state index in [0.29, 0.717) is 12.2 Å². The highest BCUT2D eigenvalue weighted by molar-refractivity contribution is 6.18. The normalized spacial score (nSPS) is 9.27. The fraction of sp³-hybridized carbons (Fsp3) is 0.700. The second-order valence-corrected chi connectivity index (χ2v) is 4.18. The Morgan fingerprint density at radius 1 is 1.20 bits per heavy atom. The Morgan fingerprint density at radius 2 is 1.60 bits per heavy atom. The molecule has 88 valence electrons. The molecule has 0 unspecified atom stereocenters. The Morgan fingerprint density at radius 3 is 1.73 bits per heavy atom. The first-order valence-corrected chi connectivity index (χ1v) is 6.03. The molecule has 0 heterocycles. The third-order valence-corrected chi connectivity index (χ3v) is 2.78. The standard InChI is InChI=1S/C4H6O2.2C3H7O.Al.H/c1-3-4(5)6-2;2*1-3(2)4;;/h3H,1H2,2H3;2*3H,1-2H3;;/q;2*-1;+2;. The Hall–Kier alpha value is -0.338. The molecule has 0 radical (unpaired) electrons. The van der Waals surface area contributed by atoms with Crippen LogP contribution in [0.4, 0.5) is 0 Å². The second kappa shape index (κ2) is 11.7. The van der Waals surface area contributed by atoms with E-state index in [4.69, 9.17) is 7.58 Å². The summed E-state index contributed by atoms with van der Waals surface area (Å²) in [5, 5.41) is 0. The van der Waals surface area contributed by atoms with Crippen LogP contribution in [0, 0.1) is 0 Å². The summed E-state index contributed by atoms with van der Waals surface area (Å²) in [7, 11) is 1.31. The molecule has 0 aromatic heterocycles. The van der Waals surface area contributed by atoms with Gasteiger partial charge in [-0.15, -0.1) is 0 Å². The van der Waals surface area contributed by atoms with Gasteiger partial charge in [-0.3, -0.25) is 0 Å². The van der Waals surface area contributed by atoms with Gasteiger partial charge in [-0.05, 0) is 27.7 Å². The number of esters is 1. The summed E-state index contributed by atoms with van der Waals surface area (Å²) < 4.78 is 14.7. The van der Waals surface area contributed by atoms with Crippen molar-refractivity contribution in [2.45, 2.75) is 39.9 Å². The summed E-state index contributed by atoms with van der Waals surface area (Å²) in [5.74, 6) is -0.394. The highest BCUT2D eigenvalue weighted by Gasteiger charge is 2.01. The number of hydrogen-bond acceptors (Lipinski definition) is 4. The first-order chi connectivity index (χ1) is 6.93. The average molecular weight is 232 g/mol. The van der Waals surface area contributed by atoms with Crippen LogP contribution in [0.2, 0.25) is 0 Å². The minimum Gasteiger partial charge on any atom is -0.479 e. The molecule has 0 saturated heterocycles. The van der Waals surface area contributed by atoms with Crippen molar-refractivity contribution in [3.8, 4) is 0 Å². The van der Waals surface area contributed by atoms with Gasteiger partial charge >= 0.3 is 21.9 Å². The molecule has 0 atom stereocenters. The maximum atomic E-state index is 9.84. The van der Waals surface area contributed by atoms with E-state index in [1.165, 1.54) is 7.11 Å². The Balaban J connectivity index is 0. The Labute approximate surface area is 99.0 Å². The van der Waals surface area contributed by atoms with Gasteiger partial charge in [0.05, 0.1) is 7.11 Å². The lowest BCUT2D eigenvalue weighted by Crippen LogP contribution is -2.14. The van der Waals surface area contributed by atoms with Crippen LogP contribution in [0.3, 0.4) is 0 Å². The summed E-state index contributed by atoms with van der Waals surface area (Å²) in [6.45, 7) is 11.3. The molecule has 0 amide bonds.